The predicted molar refractivity (Wildman–Crippen MR) is 75.5 cm³/mol. The Morgan fingerprint density at radius 3 is 2.68 bits per heavy atom. The van der Waals surface area contributed by atoms with Crippen LogP contribution >= 0.6 is 0 Å². The van der Waals surface area contributed by atoms with Crippen molar-refractivity contribution < 1.29 is 18.3 Å². The Balaban J connectivity index is 1.97. The molecule has 22 heavy (non-hydrogen) atoms. The topological polar surface area (TPSA) is 53.4 Å². The molecular formula is C15H14F2N2O3. The van der Waals surface area contributed by atoms with E-state index in [4.69, 9.17) is 9.47 Å². The fourth-order valence-corrected chi connectivity index (χ4v) is 2.19. The molecule has 2 aromatic rings. The van der Waals surface area contributed by atoms with Gasteiger partial charge in [-0.05, 0) is 24.3 Å². The number of ether oxygens (including phenoxy) is 2. The number of hydrogen-bond acceptors (Lipinski definition) is 4. The minimum absolute atomic E-state index is 0.427. The number of hydrogen-bond donors (Lipinski definition) is 0. The van der Waals surface area contributed by atoms with Gasteiger partial charge in [-0.1, -0.05) is 0 Å². The summed E-state index contributed by atoms with van der Waals surface area (Å²) in [6.45, 7) is 0.413. The molecule has 0 aliphatic carbocycles. The van der Waals surface area contributed by atoms with Crippen LogP contribution in [0.3, 0.4) is 0 Å². The number of benzene rings is 1. The lowest BCUT2D eigenvalue weighted by Crippen LogP contribution is -2.25. The van der Waals surface area contributed by atoms with Gasteiger partial charge in [-0.25, -0.2) is 13.5 Å². The minimum atomic E-state index is -2.63. The highest BCUT2D eigenvalue weighted by molar-refractivity contribution is 5.63. The second-order valence-corrected chi connectivity index (χ2v) is 4.84. The number of aromatic nitrogens is 2. The van der Waals surface area contributed by atoms with Gasteiger partial charge < -0.3 is 9.47 Å². The van der Waals surface area contributed by atoms with E-state index in [2.05, 4.69) is 5.10 Å². The summed E-state index contributed by atoms with van der Waals surface area (Å²) in [5, 5.41) is 3.98. The quantitative estimate of drug-likeness (QED) is 0.873. The van der Waals surface area contributed by atoms with E-state index in [1.54, 1.807) is 18.2 Å². The number of rotatable bonds is 3. The summed E-state index contributed by atoms with van der Waals surface area (Å²) in [5.74, 6) is 1.23. The minimum Gasteiger partial charge on any atom is -0.490 e. The molecule has 0 bridgehead atoms. The number of alkyl halides is 2. The molecule has 1 aromatic heterocycles. The van der Waals surface area contributed by atoms with Crippen LogP contribution in [0.1, 0.15) is 6.42 Å². The van der Waals surface area contributed by atoms with Crippen LogP contribution < -0.4 is 15.0 Å². The zero-order valence-electron chi connectivity index (χ0n) is 11.7. The van der Waals surface area contributed by atoms with Crippen LogP contribution in [0.25, 0.3) is 11.3 Å². The van der Waals surface area contributed by atoms with Crippen LogP contribution in [-0.2, 0) is 6.54 Å². The maximum absolute atomic E-state index is 12.5. The van der Waals surface area contributed by atoms with Crippen molar-refractivity contribution in [3.8, 4) is 22.8 Å². The molecule has 0 saturated heterocycles. The van der Waals surface area contributed by atoms with E-state index in [1.807, 2.05) is 0 Å². The molecule has 0 unspecified atom stereocenters. The van der Waals surface area contributed by atoms with Gasteiger partial charge in [0, 0.05) is 18.1 Å². The van der Waals surface area contributed by atoms with E-state index in [0.717, 1.165) is 11.1 Å². The smallest absolute Gasteiger partial charge is 0.266 e. The number of nitrogens with zero attached hydrogens (tertiary/aromatic N) is 2. The van der Waals surface area contributed by atoms with E-state index in [-0.39, 0.29) is 0 Å². The second-order valence-electron chi connectivity index (χ2n) is 4.84. The van der Waals surface area contributed by atoms with Crippen LogP contribution in [-0.4, -0.2) is 29.4 Å². The van der Waals surface area contributed by atoms with Crippen LogP contribution in [0.4, 0.5) is 8.78 Å². The van der Waals surface area contributed by atoms with E-state index >= 15 is 0 Å². The molecule has 1 aliphatic heterocycles. The Morgan fingerprint density at radius 2 is 1.91 bits per heavy atom. The van der Waals surface area contributed by atoms with E-state index in [9.17, 15) is 13.6 Å². The zero-order chi connectivity index (χ0) is 15.5. The first-order valence-electron chi connectivity index (χ1n) is 6.90. The fraction of sp³-hybridized carbons (Fsp3) is 0.333. The van der Waals surface area contributed by atoms with Crippen LogP contribution in [0.5, 0.6) is 11.5 Å². The zero-order valence-corrected chi connectivity index (χ0v) is 11.7. The fourth-order valence-electron chi connectivity index (χ4n) is 2.19. The summed E-state index contributed by atoms with van der Waals surface area (Å²) >= 11 is 0. The Kier molecular flexibility index (Phi) is 4.04. The molecule has 0 fully saturated rings. The lowest BCUT2D eigenvalue weighted by atomic mass is 10.1. The molecule has 0 N–H and O–H groups in total. The summed E-state index contributed by atoms with van der Waals surface area (Å²) in [4.78, 5) is 11.5. The first-order chi connectivity index (χ1) is 10.6. The normalized spacial score (nSPS) is 14.0. The summed E-state index contributed by atoms with van der Waals surface area (Å²) in [5.41, 5.74) is 0.543. The van der Waals surface area contributed by atoms with E-state index < -0.39 is 18.5 Å². The maximum atomic E-state index is 12.5. The van der Waals surface area contributed by atoms with Crippen molar-refractivity contribution in [2.75, 3.05) is 13.2 Å². The lowest BCUT2D eigenvalue weighted by molar-refractivity contribution is 0.120. The molecule has 0 amide bonds. The highest BCUT2D eigenvalue weighted by atomic mass is 19.3. The third-order valence-corrected chi connectivity index (χ3v) is 3.22. The van der Waals surface area contributed by atoms with Gasteiger partial charge in [0.25, 0.3) is 12.0 Å². The third-order valence-electron chi connectivity index (χ3n) is 3.22. The SMILES string of the molecule is O=c1ccc(-c2ccc3c(c2)OCCCO3)nn1CC(F)F. The average Bonchev–Trinajstić information content (AvgIpc) is 2.73. The molecule has 1 aliphatic rings. The molecule has 3 rings (SSSR count). The Morgan fingerprint density at radius 1 is 1.14 bits per heavy atom. The maximum Gasteiger partial charge on any atom is 0.266 e. The van der Waals surface area contributed by atoms with Crippen LogP contribution in [0.2, 0.25) is 0 Å². The summed E-state index contributed by atoms with van der Waals surface area (Å²) in [6, 6.07) is 7.98. The second kappa shape index (κ2) is 6.13. The molecule has 5 nitrogen and oxygen atoms in total. The standard InChI is InChI=1S/C15H14F2N2O3/c16-14(17)9-19-15(20)5-3-11(18-19)10-2-4-12-13(8-10)22-7-1-6-21-12/h2-5,8,14H,1,6-7,9H2. The molecule has 1 aromatic carbocycles. The monoisotopic (exact) mass is 308 g/mol. The molecule has 2 heterocycles. The Bertz CT molecular complexity index is 731. The third kappa shape index (κ3) is 3.08. The van der Waals surface area contributed by atoms with Gasteiger partial charge in [-0.3, -0.25) is 4.79 Å². The average molecular weight is 308 g/mol. The molecule has 0 spiro atoms. The molecule has 116 valence electrons. The van der Waals surface area contributed by atoms with Gasteiger partial charge in [-0.15, -0.1) is 0 Å². The van der Waals surface area contributed by atoms with Gasteiger partial charge in [0.15, 0.2) is 11.5 Å². The number of fused-ring (bicyclic) bond motifs is 1. The number of halogens is 2. The van der Waals surface area contributed by atoms with Crippen molar-refractivity contribution in [3.63, 3.8) is 0 Å². The highest BCUT2D eigenvalue weighted by Gasteiger charge is 2.13. The molecular weight excluding hydrogens is 294 g/mol. The largest absolute Gasteiger partial charge is 0.490 e. The van der Waals surface area contributed by atoms with E-state index in [1.165, 1.54) is 12.1 Å². The van der Waals surface area contributed by atoms with Gasteiger partial charge in [0.05, 0.1) is 18.9 Å². The van der Waals surface area contributed by atoms with E-state index in [0.29, 0.717) is 36.0 Å². The Labute approximate surface area is 125 Å². The highest BCUT2D eigenvalue weighted by Crippen LogP contribution is 2.33. The van der Waals surface area contributed by atoms with Crippen LogP contribution in [0.15, 0.2) is 35.1 Å². The molecule has 7 heteroatoms. The Hall–Kier alpha value is -2.44. The van der Waals surface area contributed by atoms with Gasteiger partial charge >= 0.3 is 0 Å². The summed E-state index contributed by atoms with van der Waals surface area (Å²) < 4.78 is 36.8. The van der Waals surface area contributed by atoms with Gasteiger partial charge in [0.2, 0.25) is 0 Å². The van der Waals surface area contributed by atoms with Crippen molar-refractivity contribution >= 4 is 0 Å². The van der Waals surface area contributed by atoms with Crippen molar-refractivity contribution in [1.82, 2.24) is 9.78 Å². The summed E-state index contributed by atoms with van der Waals surface area (Å²) in [7, 11) is 0. The van der Waals surface area contributed by atoms with Crippen molar-refractivity contribution in [2.24, 2.45) is 0 Å². The van der Waals surface area contributed by atoms with Gasteiger partial charge in [-0.2, -0.15) is 5.10 Å². The van der Waals surface area contributed by atoms with Gasteiger partial charge in [0.1, 0.15) is 6.54 Å². The first kappa shape index (κ1) is 14.5. The summed E-state index contributed by atoms with van der Waals surface area (Å²) in [6.07, 6.45) is -1.84. The molecule has 0 atom stereocenters. The molecule has 0 saturated carbocycles. The van der Waals surface area contributed by atoms with Crippen molar-refractivity contribution in [1.29, 1.82) is 0 Å². The predicted octanol–water partition coefficient (Wildman–Crippen LogP) is 2.34. The first-order valence-corrected chi connectivity index (χ1v) is 6.90. The lowest BCUT2D eigenvalue weighted by Gasteiger charge is -2.10. The van der Waals surface area contributed by atoms with Crippen molar-refractivity contribution in [3.05, 3.63) is 40.7 Å². The van der Waals surface area contributed by atoms with Crippen LogP contribution in [0, 0.1) is 0 Å². The van der Waals surface area contributed by atoms with Crippen molar-refractivity contribution in [2.45, 2.75) is 19.4 Å². The molecule has 0 radical (unpaired) electrons.